The lowest BCUT2D eigenvalue weighted by atomic mass is 10.3. The maximum absolute atomic E-state index is 12.9. The van der Waals surface area contributed by atoms with Crippen molar-refractivity contribution < 1.29 is 12.8 Å². The standard InChI is InChI=1S/C9H13FN2O2S/c1-6(2)12-15(13,14)9-5-7(10)3-4-8(9)11/h3-6,12H,11H2,1-2H3. The molecule has 0 aliphatic rings. The van der Waals surface area contributed by atoms with Crippen LogP contribution in [-0.4, -0.2) is 14.5 Å². The second-order valence-electron chi connectivity index (χ2n) is 3.46. The predicted molar refractivity (Wildman–Crippen MR) is 56.3 cm³/mol. The summed E-state index contributed by atoms with van der Waals surface area (Å²) < 4.78 is 38.5. The monoisotopic (exact) mass is 232 g/mol. The largest absolute Gasteiger partial charge is 0.398 e. The number of sulfonamides is 1. The minimum Gasteiger partial charge on any atom is -0.398 e. The summed E-state index contributed by atoms with van der Waals surface area (Å²) in [6.07, 6.45) is 0. The van der Waals surface area contributed by atoms with Crippen LogP contribution >= 0.6 is 0 Å². The highest BCUT2D eigenvalue weighted by Crippen LogP contribution is 2.19. The fourth-order valence-electron chi connectivity index (χ4n) is 1.11. The molecule has 0 aliphatic heterocycles. The second kappa shape index (κ2) is 4.16. The second-order valence-corrected chi connectivity index (χ2v) is 5.14. The molecule has 0 atom stereocenters. The highest BCUT2D eigenvalue weighted by molar-refractivity contribution is 7.89. The SMILES string of the molecule is CC(C)NS(=O)(=O)c1cc(F)ccc1N. The lowest BCUT2D eigenvalue weighted by Crippen LogP contribution is -2.30. The molecule has 0 aliphatic carbocycles. The summed E-state index contributed by atoms with van der Waals surface area (Å²) in [6, 6.07) is 2.98. The molecule has 0 heterocycles. The van der Waals surface area contributed by atoms with E-state index in [-0.39, 0.29) is 16.6 Å². The van der Waals surface area contributed by atoms with Crippen molar-refractivity contribution >= 4 is 15.7 Å². The van der Waals surface area contributed by atoms with E-state index < -0.39 is 15.8 Å². The van der Waals surface area contributed by atoms with E-state index in [4.69, 9.17) is 5.73 Å². The van der Waals surface area contributed by atoms with E-state index in [9.17, 15) is 12.8 Å². The van der Waals surface area contributed by atoms with Crippen LogP contribution < -0.4 is 10.5 Å². The Morgan fingerprint density at radius 2 is 2.00 bits per heavy atom. The molecule has 4 nitrogen and oxygen atoms in total. The van der Waals surface area contributed by atoms with E-state index >= 15 is 0 Å². The molecule has 1 aromatic rings. The number of benzene rings is 1. The number of nitrogen functional groups attached to an aromatic ring is 1. The molecule has 3 N–H and O–H groups in total. The molecular formula is C9H13FN2O2S. The molecule has 0 aromatic heterocycles. The van der Waals surface area contributed by atoms with Crippen molar-refractivity contribution in [2.45, 2.75) is 24.8 Å². The van der Waals surface area contributed by atoms with Gasteiger partial charge in [-0.2, -0.15) is 0 Å². The van der Waals surface area contributed by atoms with E-state index in [1.54, 1.807) is 13.8 Å². The zero-order valence-corrected chi connectivity index (χ0v) is 9.31. The molecule has 0 saturated carbocycles. The topological polar surface area (TPSA) is 72.2 Å². The van der Waals surface area contributed by atoms with Gasteiger partial charge < -0.3 is 5.73 Å². The fraction of sp³-hybridized carbons (Fsp3) is 0.333. The van der Waals surface area contributed by atoms with Crippen LogP contribution in [0.1, 0.15) is 13.8 Å². The Hall–Kier alpha value is -1.14. The Labute approximate surface area is 88.3 Å². The summed E-state index contributed by atoms with van der Waals surface area (Å²) in [5.41, 5.74) is 5.50. The molecule has 0 bridgehead atoms. The lowest BCUT2D eigenvalue weighted by Gasteiger charge is -2.11. The average Bonchev–Trinajstić information content (AvgIpc) is 2.06. The van der Waals surface area contributed by atoms with Gasteiger partial charge in [-0.3, -0.25) is 0 Å². The first kappa shape index (κ1) is 11.9. The van der Waals surface area contributed by atoms with Gasteiger partial charge in [-0.25, -0.2) is 17.5 Å². The van der Waals surface area contributed by atoms with Crippen molar-refractivity contribution in [2.24, 2.45) is 0 Å². The van der Waals surface area contributed by atoms with Gasteiger partial charge in [0.15, 0.2) is 0 Å². The summed E-state index contributed by atoms with van der Waals surface area (Å²) in [7, 11) is -3.73. The number of nitrogens with two attached hydrogens (primary N) is 1. The molecule has 0 saturated heterocycles. The van der Waals surface area contributed by atoms with Crippen LogP contribution in [0.5, 0.6) is 0 Å². The van der Waals surface area contributed by atoms with Crippen LogP contribution in [0.2, 0.25) is 0 Å². The minimum absolute atomic E-state index is 0.0320. The number of rotatable bonds is 3. The number of anilines is 1. The number of nitrogens with one attached hydrogen (secondary N) is 1. The van der Waals surface area contributed by atoms with E-state index in [0.29, 0.717) is 0 Å². The first-order chi connectivity index (χ1) is 6.83. The zero-order chi connectivity index (χ0) is 11.6. The van der Waals surface area contributed by atoms with E-state index in [2.05, 4.69) is 4.72 Å². The Morgan fingerprint density at radius 1 is 1.40 bits per heavy atom. The van der Waals surface area contributed by atoms with E-state index in [1.807, 2.05) is 0 Å². The molecule has 15 heavy (non-hydrogen) atoms. The van der Waals surface area contributed by atoms with Crippen molar-refractivity contribution in [3.05, 3.63) is 24.0 Å². The molecule has 0 amide bonds. The van der Waals surface area contributed by atoms with Gasteiger partial charge >= 0.3 is 0 Å². The number of halogens is 1. The predicted octanol–water partition coefficient (Wildman–Crippen LogP) is 1.09. The van der Waals surface area contributed by atoms with Gasteiger partial charge in [0.2, 0.25) is 10.0 Å². The third kappa shape index (κ3) is 2.90. The van der Waals surface area contributed by atoms with Crippen LogP contribution in [0.15, 0.2) is 23.1 Å². The molecule has 0 radical (unpaired) electrons. The molecule has 0 unspecified atom stereocenters. The summed E-state index contributed by atoms with van der Waals surface area (Å²) in [5.74, 6) is -0.631. The summed E-state index contributed by atoms with van der Waals surface area (Å²) in [5, 5.41) is 0. The van der Waals surface area contributed by atoms with Crippen LogP contribution in [0.25, 0.3) is 0 Å². The first-order valence-corrected chi connectivity index (χ1v) is 5.88. The van der Waals surface area contributed by atoms with Gasteiger partial charge in [0.1, 0.15) is 10.7 Å². The highest BCUT2D eigenvalue weighted by Gasteiger charge is 2.18. The third-order valence-corrected chi connectivity index (χ3v) is 3.37. The van der Waals surface area contributed by atoms with Crippen molar-refractivity contribution in [3.8, 4) is 0 Å². The quantitative estimate of drug-likeness (QED) is 0.766. The van der Waals surface area contributed by atoms with Crippen LogP contribution in [-0.2, 0) is 10.0 Å². The molecule has 0 fully saturated rings. The highest BCUT2D eigenvalue weighted by atomic mass is 32.2. The summed E-state index contributed by atoms with van der Waals surface area (Å²) >= 11 is 0. The van der Waals surface area contributed by atoms with Gasteiger partial charge in [-0.05, 0) is 32.0 Å². The van der Waals surface area contributed by atoms with Gasteiger partial charge in [0.05, 0.1) is 5.69 Å². The summed E-state index contributed by atoms with van der Waals surface area (Å²) in [6.45, 7) is 3.35. The van der Waals surface area contributed by atoms with Crippen molar-refractivity contribution in [3.63, 3.8) is 0 Å². The van der Waals surface area contributed by atoms with E-state index in [1.165, 1.54) is 6.07 Å². The Kier molecular flexibility index (Phi) is 3.31. The lowest BCUT2D eigenvalue weighted by molar-refractivity contribution is 0.567. The van der Waals surface area contributed by atoms with Gasteiger partial charge in [-0.15, -0.1) is 0 Å². The van der Waals surface area contributed by atoms with Gasteiger partial charge in [-0.1, -0.05) is 0 Å². The first-order valence-electron chi connectivity index (χ1n) is 4.40. The molecule has 84 valence electrons. The molecule has 1 aromatic carbocycles. The zero-order valence-electron chi connectivity index (χ0n) is 8.49. The van der Waals surface area contributed by atoms with Crippen molar-refractivity contribution in [1.29, 1.82) is 0 Å². The molecule has 0 spiro atoms. The smallest absolute Gasteiger partial charge is 0.242 e. The van der Waals surface area contributed by atoms with Crippen molar-refractivity contribution in [2.75, 3.05) is 5.73 Å². The van der Waals surface area contributed by atoms with Crippen LogP contribution in [0.4, 0.5) is 10.1 Å². The van der Waals surface area contributed by atoms with E-state index in [0.717, 1.165) is 12.1 Å². The van der Waals surface area contributed by atoms with Crippen molar-refractivity contribution in [1.82, 2.24) is 4.72 Å². The number of hydrogen-bond acceptors (Lipinski definition) is 3. The van der Waals surface area contributed by atoms with Gasteiger partial charge in [0.25, 0.3) is 0 Å². The maximum Gasteiger partial charge on any atom is 0.242 e. The average molecular weight is 232 g/mol. The Bertz CT molecular complexity index is 457. The minimum atomic E-state index is -3.73. The fourth-order valence-corrected chi connectivity index (χ4v) is 2.51. The van der Waals surface area contributed by atoms with Gasteiger partial charge in [0, 0.05) is 6.04 Å². The molecule has 1 rings (SSSR count). The Morgan fingerprint density at radius 3 is 2.53 bits per heavy atom. The number of hydrogen-bond donors (Lipinski definition) is 2. The molecule has 6 heteroatoms. The Balaban J connectivity index is 3.21. The third-order valence-electron chi connectivity index (χ3n) is 1.66. The maximum atomic E-state index is 12.9. The molecular weight excluding hydrogens is 219 g/mol. The van der Waals surface area contributed by atoms with Crippen LogP contribution in [0, 0.1) is 5.82 Å². The normalized spacial score (nSPS) is 12.0. The van der Waals surface area contributed by atoms with Crippen LogP contribution in [0.3, 0.4) is 0 Å². The summed E-state index contributed by atoms with van der Waals surface area (Å²) in [4.78, 5) is -0.226.